The minimum absolute atomic E-state index is 0.124. The molecule has 0 spiro atoms. The standard InChI is InChI=1S/C20H36O/c1-7-18(4)13-9-16-19(5)12-8-11-17(2,3)15(19)10-14-20(16,6)21-18/h15-16H,7-14H2,1-6H3. The lowest BCUT2D eigenvalue weighted by Gasteiger charge is -2.65. The van der Waals surface area contributed by atoms with Gasteiger partial charge in [-0.3, -0.25) is 0 Å². The highest BCUT2D eigenvalue weighted by Crippen LogP contribution is 2.65. The van der Waals surface area contributed by atoms with Crippen LogP contribution in [0.15, 0.2) is 0 Å². The van der Waals surface area contributed by atoms with Crippen molar-refractivity contribution in [3.05, 3.63) is 0 Å². The molecule has 1 nitrogen and oxygen atoms in total. The Labute approximate surface area is 132 Å². The molecule has 0 aromatic rings. The Morgan fingerprint density at radius 1 is 0.857 bits per heavy atom. The van der Waals surface area contributed by atoms with Gasteiger partial charge in [-0.2, -0.15) is 0 Å². The van der Waals surface area contributed by atoms with Crippen LogP contribution in [0.2, 0.25) is 0 Å². The molecule has 1 saturated heterocycles. The minimum atomic E-state index is 0.124. The zero-order chi connectivity index (χ0) is 15.5. The first-order valence-corrected chi connectivity index (χ1v) is 9.35. The quantitative estimate of drug-likeness (QED) is 0.579. The lowest BCUT2D eigenvalue weighted by molar-refractivity contribution is -0.265. The zero-order valence-corrected chi connectivity index (χ0v) is 15.2. The fourth-order valence-electron chi connectivity index (χ4n) is 6.68. The molecule has 3 aliphatic rings. The van der Waals surface area contributed by atoms with Crippen molar-refractivity contribution in [2.24, 2.45) is 22.7 Å². The summed E-state index contributed by atoms with van der Waals surface area (Å²) in [5.74, 6) is 1.66. The van der Waals surface area contributed by atoms with Crippen LogP contribution in [0.1, 0.15) is 92.9 Å². The molecule has 5 unspecified atom stereocenters. The number of hydrogen-bond acceptors (Lipinski definition) is 1. The molecule has 0 amide bonds. The van der Waals surface area contributed by atoms with Crippen molar-refractivity contribution >= 4 is 0 Å². The van der Waals surface area contributed by atoms with Gasteiger partial charge in [0, 0.05) is 0 Å². The summed E-state index contributed by atoms with van der Waals surface area (Å²) in [6, 6.07) is 0. The van der Waals surface area contributed by atoms with Gasteiger partial charge in [-0.15, -0.1) is 0 Å². The molecule has 3 fully saturated rings. The lowest BCUT2D eigenvalue weighted by Crippen LogP contribution is -2.62. The molecule has 5 atom stereocenters. The highest BCUT2D eigenvalue weighted by molar-refractivity contribution is 5.10. The largest absolute Gasteiger partial charge is 0.369 e. The van der Waals surface area contributed by atoms with E-state index in [9.17, 15) is 0 Å². The topological polar surface area (TPSA) is 9.23 Å². The summed E-state index contributed by atoms with van der Waals surface area (Å²) in [5, 5.41) is 0. The van der Waals surface area contributed by atoms with E-state index in [1.54, 1.807) is 0 Å². The fraction of sp³-hybridized carbons (Fsp3) is 1.00. The molecular formula is C20H36O. The van der Waals surface area contributed by atoms with E-state index < -0.39 is 0 Å². The summed E-state index contributed by atoms with van der Waals surface area (Å²) < 4.78 is 6.80. The van der Waals surface area contributed by atoms with Gasteiger partial charge in [-0.25, -0.2) is 0 Å². The van der Waals surface area contributed by atoms with E-state index in [0.717, 1.165) is 18.3 Å². The van der Waals surface area contributed by atoms with Gasteiger partial charge < -0.3 is 4.74 Å². The predicted molar refractivity (Wildman–Crippen MR) is 89.4 cm³/mol. The highest BCUT2D eigenvalue weighted by atomic mass is 16.5. The van der Waals surface area contributed by atoms with Crippen LogP contribution in [-0.4, -0.2) is 11.2 Å². The minimum Gasteiger partial charge on any atom is -0.369 e. The zero-order valence-electron chi connectivity index (χ0n) is 15.2. The average Bonchev–Trinajstić information content (AvgIpc) is 2.36. The fourth-order valence-corrected chi connectivity index (χ4v) is 6.68. The maximum absolute atomic E-state index is 6.80. The van der Waals surface area contributed by atoms with E-state index in [0.29, 0.717) is 10.8 Å². The third-order valence-corrected chi connectivity index (χ3v) is 7.93. The number of fused-ring (bicyclic) bond motifs is 3. The first-order chi connectivity index (χ1) is 9.65. The number of hydrogen-bond donors (Lipinski definition) is 0. The van der Waals surface area contributed by atoms with Crippen molar-refractivity contribution in [2.45, 2.75) is 104 Å². The van der Waals surface area contributed by atoms with Crippen molar-refractivity contribution in [2.75, 3.05) is 0 Å². The predicted octanol–water partition coefficient (Wildman–Crippen LogP) is 5.97. The lowest BCUT2D eigenvalue weighted by atomic mass is 9.44. The van der Waals surface area contributed by atoms with Gasteiger partial charge in [-0.1, -0.05) is 34.1 Å². The second-order valence-corrected chi connectivity index (χ2v) is 9.75. The van der Waals surface area contributed by atoms with Gasteiger partial charge in [-0.05, 0) is 81.5 Å². The van der Waals surface area contributed by atoms with E-state index in [1.807, 2.05) is 0 Å². The summed E-state index contributed by atoms with van der Waals surface area (Å²) in [5.41, 5.74) is 1.28. The van der Waals surface area contributed by atoms with Crippen LogP contribution < -0.4 is 0 Å². The molecule has 1 heterocycles. The average molecular weight is 293 g/mol. The van der Waals surface area contributed by atoms with E-state index in [4.69, 9.17) is 4.74 Å². The molecular weight excluding hydrogens is 256 g/mol. The number of rotatable bonds is 1. The Bertz CT molecular complexity index is 414. The van der Waals surface area contributed by atoms with Crippen LogP contribution >= 0.6 is 0 Å². The van der Waals surface area contributed by atoms with Crippen molar-refractivity contribution in [3.8, 4) is 0 Å². The second-order valence-electron chi connectivity index (χ2n) is 9.75. The number of ether oxygens (including phenoxy) is 1. The smallest absolute Gasteiger partial charge is 0.0695 e. The summed E-state index contributed by atoms with van der Waals surface area (Å²) >= 11 is 0. The molecule has 3 rings (SSSR count). The van der Waals surface area contributed by atoms with E-state index in [-0.39, 0.29) is 11.2 Å². The summed E-state index contributed by atoms with van der Waals surface area (Å²) in [6.45, 7) is 14.7. The molecule has 2 saturated carbocycles. The van der Waals surface area contributed by atoms with Crippen molar-refractivity contribution < 1.29 is 4.74 Å². The van der Waals surface area contributed by atoms with Crippen molar-refractivity contribution in [1.82, 2.24) is 0 Å². The van der Waals surface area contributed by atoms with Crippen molar-refractivity contribution in [3.63, 3.8) is 0 Å². The normalized spacial score (nSPS) is 52.9. The Morgan fingerprint density at radius 2 is 1.52 bits per heavy atom. The Hall–Kier alpha value is -0.0400. The monoisotopic (exact) mass is 292 g/mol. The van der Waals surface area contributed by atoms with Gasteiger partial charge >= 0.3 is 0 Å². The van der Waals surface area contributed by atoms with E-state index >= 15 is 0 Å². The summed E-state index contributed by atoms with van der Waals surface area (Å²) in [7, 11) is 0. The maximum atomic E-state index is 6.80. The second kappa shape index (κ2) is 4.73. The van der Waals surface area contributed by atoms with Crippen LogP contribution in [0.25, 0.3) is 0 Å². The Kier molecular flexibility index (Phi) is 3.57. The molecule has 122 valence electrons. The summed E-state index contributed by atoms with van der Waals surface area (Å²) in [4.78, 5) is 0. The van der Waals surface area contributed by atoms with Crippen LogP contribution in [0.5, 0.6) is 0 Å². The van der Waals surface area contributed by atoms with Gasteiger partial charge in [0.15, 0.2) is 0 Å². The molecule has 0 radical (unpaired) electrons. The molecule has 0 bridgehead atoms. The summed E-state index contributed by atoms with van der Waals surface area (Å²) in [6.07, 6.45) is 10.7. The molecule has 2 aliphatic carbocycles. The van der Waals surface area contributed by atoms with Crippen LogP contribution in [0.4, 0.5) is 0 Å². The molecule has 0 aromatic carbocycles. The van der Waals surface area contributed by atoms with Crippen molar-refractivity contribution in [1.29, 1.82) is 0 Å². The molecule has 1 heteroatoms. The van der Waals surface area contributed by atoms with E-state index in [2.05, 4.69) is 41.5 Å². The van der Waals surface area contributed by atoms with Gasteiger partial charge in [0.2, 0.25) is 0 Å². The molecule has 0 aromatic heterocycles. The SMILES string of the molecule is CCC1(C)CCC2C(C)(CCC3C(C)(C)CCCC32C)O1. The molecule has 0 N–H and O–H groups in total. The Morgan fingerprint density at radius 3 is 2.19 bits per heavy atom. The van der Waals surface area contributed by atoms with Crippen LogP contribution in [0, 0.1) is 22.7 Å². The van der Waals surface area contributed by atoms with Gasteiger partial charge in [0.1, 0.15) is 0 Å². The maximum Gasteiger partial charge on any atom is 0.0695 e. The Balaban J connectivity index is 1.93. The molecule has 21 heavy (non-hydrogen) atoms. The molecule has 1 aliphatic heterocycles. The van der Waals surface area contributed by atoms with E-state index in [1.165, 1.54) is 44.9 Å². The van der Waals surface area contributed by atoms with Gasteiger partial charge in [0.05, 0.1) is 11.2 Å². The third-order valence-electron chi connectivity index (χ3n) is 7.93. The first kappa shape index (κ1) is 15.8. The van der Waals surface area contributed by atoms with Crippen LogP contribution in [0.3, 0.4) is 0 Å². The van der Waals surface area contributed by atoms with Crippen LogP contribution in [-0.2, 0) is 4.74 Å². The third kappa shape index (κ3) is 2.30. The first-order valence-electron chi connectivity index (χ1n) is 9.35. The van der Waals surface area contributed by atoms with Gasteiger partial charge in [0.25, 0.3) is 0 Å². The highest BCUT2D eigenvalue weighted by Gasteiger charge is 2.61.